The highest BCUT2D eigenvalue weighted by atomic mass is 35.5. The molecule has 26 heavy (non-hydrogen) atoms. The minimum absolute atomic E-state index is 0.102. The molecule has 3 rings (SSSR count). The van der Waals surface area contributed by atoms with Gasteiger partial charge in [0.2, 0.25) is 0 Å². The van der Waals surface area contributed by atoms with E-state index in [0.29, 0.717) is 10.9 Å². The average Bonchev–Trinajstić information content (AvgIpc) is 2.63. The lowest BCUT2D eigenvalue weighted by Gasteiger charge is -2.13. The predicted molar refractivity (Wildman–Crippen MR) is 100 cm³/mol. The van der Waals surface area contributed by atoms with Crippen molar-refractivity contribution in [1.29, 1.82) is 0 Å². The lowest BCUT2D eigenvalue weighted by molar-refractivity contribution is -0.135. The van der Waals surface area contributed by atoms with Crippen LogP contribution in [0.4, 0.5) is 0 Å². The topological polar surface area (TPSA) is 70.3 Å². The molecule has 0 aliphatic carbocycles. The smallest absolute Gasteiger partial charge is 0.332 e. The van der Waals surface area contributed by atoms with Crippen molar-refractivity contribution in [2.75, 3.05) is 0 Å². The van der Waals surface area contributed by atoms with Gasteiger partial charge in [-0.15, -0.1) is 0 Å². The number of aromatic nitrogens is 2. The molecule has 0 aliphatic rings. The van der Waals surface area contributed by atoms with E-state index in [1.54, 1.807) is 43.3 Å². The highest BCUT2D eigenvalue weighted by Crippen LogP contribution is 2.31. The van der Waals surface area contributed by atoms with Crippen LogP contribution in [-0.2, 0) is 17.9 Å². The molecule has 0 saturated heterocycles. The molecule has 8 heteroatoms. The third kappa shape index (κ3) is 3.25. The van der Waals surface area contributed by atoms with Crippen LogP contribution in [0.15, 0.2) is 52.1 Å². The number of hydrogen-bond acceptors (Lipinski definition) is 4. The molecule has 0 radical (unpaired) electrons. The second kappa shape index (κ2) is 7.35. The first-order chi connectivity index (χ1) is 12.4. The maximum atomic E-state index is 12.6. The summed E-state index contributed by atoms with van der Waals surface area (Å²) in [7, 11) is 0. The van der Waals surface area contributed by atoms with Gasteiger partial charge in [-0.25, -0.2) is 9.59 Å². The fourth-order valence-corrected chi connectivity index (χ4v) is 2.98. The van der Waals surface area contributed by atoms with Crippen molar-refractivity contribution in [2.45, 2.75) is 20.0 Å². The van der Waals surface area contributed by atoms with Crippen LogP contribution in [-0.4, -0.2) is 15.1 Å². The number of carbonyl (C=O) groups excluding carboxylic acids is 1. The lowest BCUT2D eigenvalue weighted by Crippen LogP contribution is -2.41. The lowest BCUT2D eigenvalue weighted by atomic mass is 10.2. The molecule has 1 aromatic heterocycles. The maximum Gasteiger partial charge on any atom is 0.332 e. The zero-order valence-electron chi connectivity index (χ0n) is 13.7. The van der Waals surface area contributed by atoms with Crippen LogP contribution in [0.25, 0.3) is 10.9 Å². The second-order valence-corrected chi connectivity index (χ2v) is 6.25. The number of benzene rings is 2. The summed E-state index contributed by atoms with van der Waals surface area (Å²) in [4.78, 5) is 37.4. The van der Waals surface area contributed by atoms with Gasteiger partial charge < -0.3 is 4.74 Å². The summed E-state index contributed by atoms with van der Waals surface area (Å²) in [6.07, 6.45) is 0. The Morgan fingerprint density at radius 3 is 2.50 bits per heavy atom. The Morgan fingerprint density at radius 1 is 1.04 bits per heavy atom. The number of rotatable bonds is 4. The third-order valence-corrected chi connectivity index (χ3v) is 4.68. The molecule has 1 heterocycles. The van der Waals surface area contributed by atoms with E-state index in [-0.39, 0.29) is 28.9 Å². The first-order valence-corrected chi connectivity index (χ1v) is 8.56. The van der Waals surface area contributed by atoms with Gasteiger partial charge in [-0.2, -0.15) is 0 Å². The number of esters is 1. The van der Waals surface area contributed by atoms with Crippen LogP contribution in [0, 0.1) is 0 Å². The van der Waals surface area contributed by atoms with Crippen LogP contribution in [0.3, 0.4) is 0 Å². The van der Waals surface area contributed by atoms with Gasteiger partial charge in [0.25, 0.3) is 5.56 Å². The Kier molecular flexibility index (Phi) is 5.15. The van der Waals surface area contributed by atoms with E-state index < -0.39 is 17.2 Å². The molecule has 2 aromatic carbocycles. The SMILES string of the molecule is CCn1c(=O)c2ccccc2n(CC(=O)Oc2cccc(Cl)c2Cl)c1=O. The molecule has 0 atom stereocenters. The number of fused-ring (bicyclic) bond motifs is 1. The van der Waals surface area contributed by atoms with Crippen molar-refractivity contribution in [3.8, 4) is 5.75 Å². The average molecular weight is 393 g/mol. The molecule has 0 amide bonds. The van der Waals surface area contributed by atoms with Gasteiger partial charge in [0, 0.05) is 6.54 Å². The molecule has 0 unspecified atom stereocenters. The van der Waals surface area contributed by atoms with E-state index in [2.05, 4.69) is 0 Å². The highest BCUT2D eigenvalue weighted by molar-refractivity contribution is 6.43. The Bertz CT molecular complexity index is 1120. The van der Waals surface area contributed by atoms with Gasteiger partial charge in [0.1, 0.15) is 11.6 Å². The largest absolute Gasteiger partial charge is 0.424 e. The third-order valence-electron chi connectivity index (χ3n) is 3.88. The summed E-state index contributed by atoms with van der Waals surface area (Å²) in [5.74, 6) is -0.604. The molecule has 0 bridgehead atoms. The van der Waals surface area contributed by atoms with Crippen LogP contribution in [0.1, 0.15) is 6.92 Å². The highest BCUT2D eigenvalue weighted by Gasteiger charge is 2.16. The van der Waals surface area contributed by atoms with E-state index in [4.69, 9.17) is 27.9 Å². The summed E-state index contributed by atoms with van der Waals surface area (Å²) in [5.41, 5.74) is -0.609. The van der Waals surface area contributed by atoms with Gasteiger partial charge in [-0.3, -0.25) is 13.9 Å². The molecule has 134 valence electrons. The number of hydrogen-bond donors (Lipinski definition) is 0. The second-order valence-electron chi connectivity index (χ2n) is 5.46. The van der Waals surface area contributed by atoms with Crippen LogP contribution >= 0.6 is 23.2 Å². The number of halogens is 2. The van der Waals surface area contributed by atoms with E-state index in [9.17, 15) is 14.4 Å². The van der Waals surface area contributed by atoms with E-state index >= 15 is 0 Å². The van der Waals surface area contributed by atoms with Crippen molar-refractivity contribution in [3.63, 3.8) is 0 Å². The summed E-state index contributed by atoms with van der Waals surface area (Å²) in [5, 5.41) is 0.708. The molecular formula is C18H14Cl2N2O4. The minimum Gasteiger partial charge on any atom is -0.424 e. The Morgan fingerprint density at radius 2 is 1.77 bits per heavy atom. The summed E-state index contributed by atoms with van der Waals surface area (Å²) < 4.78 is 7.52. The maximum absolute atomic E-state index is 12.6. The minimum atomic E-state index is -0.706. The van der Waals surface area contributed by atoms with Gasteiger partial charge in [-0.05, 0) is 31.2 Å². The molecule has 0 N–H and O–H groups in total. The molecule has 0 saturated carbocycles. The number of ether oxygens (including phenoxy) is 1. The number of carbonyl (C=O) groups is 1. The van der Waals surface area contributed by atoms with Crippen molar-refractivity contribution in [3.05, 3.63) is 73.3 Å². The van der Waals surface area contributed by atoms with Crippen molar-refractivity contribution in [1.82, 2.24) is 9.13 Å². The fraction of sp³-hybridized carbons (Fsp3) is 0.167. The van der Waals surface area contributed by atoms with Gasteiger partial charge >= 0.3 is 11.7 Å². The fourth-order valence-electron chi connectivity index (χ4n) is 2.65. The quantitative estimate of drug-likeness (QED) is 0.505. The standard InChI is InChI=1S/C18H14Cl2N2O4/c1-2-21-17(24)11-6-3-4-8-13(11)22(18(21)25)10-15(23)26-14-9-5-7-12(19)16(14)20/h3-9H,2,10H2,1H3. The van der Waals surface area contributed by atoms with Crippen molar-refractivity contribution >= 4 is 40.1 Å². The van der Waals surface area contributed by atoms with Gasteiger partial charge in [0.05, 0.1) is 15.9 Å². The van der Waals surface area contributed by atoms with Crippen LogP contribution < -0.4 is 16.0 Å². The first kappa shape index (κ1) is 18.2. The van der Waals surface area contributed by atoms with Crippen molar-refractivity contribution in [2.24, 2.45) is 0 Å². The molecule has 0 aliphatic heterocycles. The Hall–Kier alpha value is -2.57. The first-order valence-electron chi connectivity index (χ1n) is 7.81. The van der Waals surface area contributed by atoms with E-state index in [1.165, 1.54) is 10.6 Å². The summed E-state index contributed by atoms with van der Waals surface area (Å²) >= 11 is 11.9. The van der Waals surface area contributed by atoms with Crippen molar-refractivity contribution < 1.29 is 9.53 Å². The summed E-state index contributed by atoms with van der Waals surface area (Å²) in [6.45, 7) is 1.51. The molecule has 3 aromatic rings. The zero-order valence-corrected chi connectivity index (χ0v) is 15.3. The molecular weight excluding hydrogens is 379 g/mol. The number of nitrogens with zero attached hydrogens (tertiary/aromatic N) is 2. The molecule has 0 fully saturated rings. The van der Waals surface area contributed by atoms with Crippen LogP contribution in [0.5, 0.6) is 5.75 Å². The molecule has 6 nitrogen and oxygen atoms in total. The Labute approximate surface area is 158 Å². The van der Waals surface area contributed by atoms with E-state index in [1.807, 2.05) is 0 Å². The van der Waals surface area contributed by atoms with E-state index in [0.717, 1.165) is 4.57 Å². The number of para-hydroxylation sites is 1. The molecule has 0 spiro atoms. The normalized spacial score (nSPS) is 10.9. The van der Waals surface area contributed by atoms with Crippen LogP contribution in [0.2, 0.25) is 10.0 Å². The Balaban J connectivity index is 2.03. The van der Waals surface area contributed by atoms with Gasteiger partial charge in [-0.1, -0.05) is 41.4 Å². The summed E-state index contributed by atoms with van der Waals surface area (Å²) in [6, 6.07) is 11.3. The monoisotopic (exact) mass is 392 g/mol. The zero-order chi connectivity index (χ0) is 18.8. The predicted octanol–water partition coefficient (Wildman–Crippen LogP) is 3.10. The van der Waals surface area contributed by atoms with Gasteiger partial charge in [0.15, 0.2) is 5.75 Å².